The number of nitrogens with zero attached hydrogens (tertiary/aromatic N) is 1. The summed E-state index contributed by atoms with van der Waals surface area (Å²) < 4.78 is 5.67. The van der Waals surface area contributed by atoms with Crippen LogP contribution >= 0.6 is 0 Å². The van der Waals surface area contributed by atoms with E-state index in [-0.39, 0.29) is 18.0 Å². The number of hydrogen-bond donors (Lipinski definition) is 0. The first-order chi connectivity index (χ1) is 14.6. The summed E-state index contributed by atoms with van der Waals surface area (Å²) in [5, 5.41) is 0. The molecule has 6 unspecified atom stereocenters. The topological polar surface area (TPSA) is 39.2 Å². The molecule has 3 nitrogen and oxygen atoms in total. The third-order valence-electron chi connectivity index (χ3n) is 7.37. The molecule has 3 heteroatoms. The monoisotopic (exact) mass is 403 g/mol. The molecule has 0 N–H and O–H groups in total. The molecule has 0 radical (unpaired) electrons. The van der Waals surface area contributed by atoms with Crippen LogP contribution in [-0.4, -0.2) is 17.1 Å². The van der Waals surface area contributed by atoms with E-state index in [1.54, 1.807) is 0 Å². The normalized spacial score (nSPS) is 34.1. The molecular formula is C27H33NO2. The number of carbonyl (C=O) groups excluding carboxylic acids is 1. The first-order valence-electron chi connectivity index (χ1n) is 11.4. The SMILES string of the molecule is C=C/C(=C\C=C/C)c1ccc(/C=C/C2C3CCCCC3CC3C(=O)OC(C)C32)nc1. The van der Waals surface area contributed by atoms with E-state index in [2.05, 4.69) is 42.8 Å². The maximum absolute atomic E-state index is 12.4. The van der Waals surface area contributed by atoms with Crippen LogP contribution < -0.4 is 0 Å². The smallest absolute Gasteiger partial charge is 0.309 e. The van der Waals surface area contributed by atoms with Crippen LogP contribution in [0.25, 0.3) is 11.6 Å². The zero-order valence-electron chi connectivity index (χ0n) is 18.2. The van der Waals surface area contributed by atoms with Crippen molar-refractivity contribution in [3.63, 3.8) is 0 Å². The summed E-state index contributed by atoms with van der Waals surface area (Å²) in [5.74, 6) is 2.15. The average molecular weight is 404 g/mol. The van der Waals surface area contributed by atoms with Gasteiger partial charge in [-0.15, -0.1) is 0 Å². The van der Waals surface area contributed by atoms with Crippen molar-refractivity contribution in [2.45, 2.75) is 52.1 Å². The van der Waals surface area contributed by atoms with Gasteiger partial charge in [-0.2, -0.15) is 0 Å². The van der Waals surface area contributed by atoms with Crippen LogP contribution in [0.5, 0.6) is 0 Å². The van der Waals surface area contributed by atoms with Gasteiger partial charge >= 0.3 is 5.97 Å². The highest BCUT2D eigenvalue weighted by molar-refractivity contribution is 5.76. The molecule has 158 valence electrons. The maximum Gasteiger partial charge on any atom is 0.309 e. The first kappa shape index (κ1) is 20.8. The molecule has 1 aliphatic heterocycles. The van der Waals surface area contributed by atoms with Gasteiger partial charge in [-0.25, -0.2) is 0 Å². The van der Waals surface area contributed by atoms with E-state index in [4.69, 9.17) is 4.74 Å². The molecule has 2 saturated carbocycles. The van der Waals surface area contributed by atoms with Gasteiger partial charge in [0.15, 0.2) is 0 Å². The van der Waals surface area contributed by atoms with Gasteiger partial charge in [0, 0.05) is 17.7 Å². The van der Waals surface area contributed by atoms with E-state index in [0.717, 1.165) is 23.3 Å². The van der Waals surface area contributed by atoms with E-state index in [1.165, 1.54) is 25.7 Å². The summed E-state index contributed by atoms with van der Waals surface area (Å²) in [6, 6.07) is 4.17. The van der Waals surface area contributed by atoms with Crippen molar-refractivity contribution in [2.75, 3.05) is 0 Å². The summed E-state index contributed by atoms with van der Waals surface area (Å²) in [5.41, 5.74) is 3.08. The number of pyridine rings is 1. The highest BCUT2D eigenvalue weighted by Crippen LogP contribution is 2.53. The molecule has 0 aromatic carbocycles. The molecule has 0 bridgehead atoms. The van der Waals surface area contributed by atoms with Gasteiger partial charge < -0.3 is 4.74 Å². The molecule has 0 spiro atoms. The van der Waals surface area contributed by atoms with Crippen molar-refractivity contribution in [1.29, 1.82) is 0 Å². The average Bonchev–Trinajstić information content (AvgIpc) is 3.06. The molecule has 1 aromatic rings. The second kappa shape index (κ2) is 9.16. The minimum absolute atomic E-state index is 0.0160. The molecule has 30 heavy (non-hydrogen) atoms. The predicted molar refractivity (Wildman–Crippen MR) is 122 cm³/mol. The zero-order valence-corrected chi connectivity index (χ0v) is 18.2. The number of rotatable bonds is 5. The number of ether oxygens (including phenoxy) is 1. The standard InChI is InChI=1S/C27H33NO2/c1-4-6-9-19(5-2)21-12-13-22(28-17-21)14-15-24-23-11-8-7-10-20(23)16-25-26(24)18(3)30-27(25)29/h4-6,9,12-15,17-18,20,23-26H,2,7-8,10-11,16H2,1,3H3/b6-4-,15-14+,19-9+. The van der Waals surface area contributed by atoms with Crippen molar-refractivity contribution < 1.29 is 9.53 Å². The summed E-state index contributed by atoms with van der Waals surface area (Å²) >= 11 is 0. The van der Waals surface area contributed by atoms with Crippen LogP contribution in [0.4, 0.5) is 0 Å². The Morgan fingerprint density at radius 2 is 2.10 bits per heavy atom. The number of carbonyl (C=O) groups is 1. The van der Waals surface area contributed by atoms with Gasteiger partial charge in [0.1, 0.15) is 6.10 Å². The van der Waals surface area contributed by atoms with Crippen LogP contribution in [0.1, 0.15) is 57.2 Å². The summed E-state index contributed by atoms with van der Waals surface area (Å²) in [4.78, 5) is 17.1. The van der Waals surface area contributed by atoms with Crippen LogP contribution in [0.15, 0.2) is 55.3 Å². The van der Waals surface area contributed by atoms with Crippen molar-refractivity contribution in [3.8, 4) is 0 Å². The molecule has 1 aromatic heterocycles. The van der Waals surface area contributed by atoms with E-state index < -0.39 is 0 Å². The van der Waals surface area contributed by atoms with Crippen molar-refractivity contribution in [2.24, 2.45) is 29.6 Å². The van der Waals surface area contributed by atoms with E-state index >= 15 is 0 Å². The van der Waals surface area contributed by atoms with Gasteiger partial charge in [-0.1, -0.05) is 62.3 Å². The fraction of sp³-hybridized carbons (Fsp3) is 0.481. The van der Waals surface area contributed by atoms with E-state index in [1.807, 2.05) is 37.4 Å². The Morgan fingerprint density at radius 3 is 2.83 bits per heavy atom. The number of aromatic nitrogens is 1. The predicted octanol–water partition coefficient (Wildman–Crippen LogP) is 6.24. The molecule has 2 heterocycles. The summed E-state index contributed by atoms with van der Waals surface area (Å²) in [6.07, 6.45) is 20.5. The Kier molecular flexibility index (Phi) is 6.36. The van der Waals surface area contributed by atoms with E-state index in [0.29, 0.717) is 23.7 Å². The Hall–Kier alpha value is -2.42. The number of cyclic esters (lactones) is 1. The van der Waals surface area contributed by atoms with Crippen LogP contribution in [0, 0.1) is 29.6 Å². The quantitative estimate of drug-likeness (QED) is 0.431. The molecule has 3 fully saturated rings. The fourth-order valence-corrected chi connectivity index (χ4v) is 5.95. The molecule has 1 saturated heterocycles. The van der Waals surface area contributed by atoms with E-state index in [9.17, 15) is 4.79 Å². The van der Waals surface area contributed by atoms with Crippen molar-refractivity contribution in [1.82, 2.24) is 4.98 Å². The minimum atomic E-state index is 0.0160. The molecule has 2 aliphatic carbocycles. The number of hydrogen-bond acceptors (Lipinski definition) is 3. The van der Waals surface area contributed by atoms with Crippen molar-refractivity contribution >= 4 is 17.6 Å². The summed E-state index contributed by atoms with van der Waals surface area (Å²) in [7, 11) is 0. The van der Waals surface area contributed by atoms with Crippen LogP contribution in [0.2, 0.25) is 0 Å². The largest absolute Gasteiger partial charge is 0.462 e. The molecular weight excluding hydrogens is 370 g/mol. The Labute approximate surface area is 180 Å². The summed E-state index contributed by atoms with van der Waals surface area (Å²) in [6.45, 7) is 7.99. The third kappa shape index (κ3) is 4.08. The van der Waals surface area contributed by atoms with Gasteiger partial charge in [-0.05, 0) is 62.2 Å². The Bertz CT molecular complexity index is 863. The zero-order chi connectivity index (χ0) is 21.1. The van der Waals surface area contributed by atoms with Crippen LogP contribution in [-0.2, 0) is 9.53 Å². The minimum Gasteiger partial charge on any atom is -0.462 e. The van der Waals surface area contributed by atoms with Gasteiger partial charge in [0.25, 0.3) is 0 Å². The Morgan fingerprint density at radius 1 is 1.27 bits per heavy atom. The van der Waals surface area contributed by atoms with Gasteiger partial charge in [0.05, 0.1) is 11.6 Å². The second-order valence-electron chi connectivity index (χ2n) is 9.03. The highest BCUT2D eigenvalue weighted by atomic mass is 16.6. The van der Waals surface area contributed by atoms with Gasteiger partial charge in [0.2, 0.25) is 0 Å². The lowest BCUT2D eigenvalue weighted by atomic mass is 9.57. The number of esters is 1. The molecule has 4 rings (SSSR count). The third-order valence-corrected chi connectivity index (χ3v) is 7.37. The lowest BCUT2D eigenvalue weighted by molar-refractivity contribution is -0.144. The van der Waals surface area contributed by atoms with Crippen LogP contribution in [0.3, 0.4) is 0 Å². The Balaban J connectivity index is 1.56. The maximum atomic E-state index is 12.4. The second-order valence-corrected chi connectivity index (χ2v) is 9.03. The molecule has 6 atom stereocenters. The first-order valence-corrected chi connectivity index (χ1v) is 11.4. The fourth-order valence-electron chi connectivity index (χ4n) is 5.95. The van der Waals surface area contributed by atoms with Crippen molar-refractivity contribution in [3.05, 3.63) is 66.5 Å². The molecule has 3 aliphatic rings. The molecule has 0 amide bonds. The van der Waals surface area contributed by atoms with Gasteiger partial charge in [-0.3, -0.25) is 9.78 Å². The number of allylic oxidation sites excluding steroid dienone is 6. The highest BCUT2D eigenvalue weighted by Gasteiger charge is 2.53. The number of fused-ring (bicyclic) bond motifs is 2. The lowest BCUT2D eigenvalue weighted by Crippen LogP contribution is -2.42. The lowest BCUT2D eigenvalue weighted by Gasteiger charge is -2.45.